The van der Waals surface area contributed by atoms with E-state index in [1.807, 2.05) is 0 Å². The Bertz CT molecular complexity index is 535. The van der Waals surface area contributed by atoms with Crippen molar-refractivity contribution in [2.45, 2.75) is 12.1 Å². The number of methoxy groups -OCH3 is 1. The van der Waals surface area contributed by atoms with Gasteiger partial charge in [0.2, 0.25) is 5.91 Å². The minimum absolute atomic E-state index is 0.108. The largest absolute Gasteiger partial charge is 0.383 e. The van der Waals surface area contributed by atoms with Crippen LogP contribution in [0.15, 0.2) is 24.3 Å². The average Bonchev–Trinajstić information content (AvgIpc) is 2.51. The van der Waals surface area contributed by atoms with E-state index in [0.717, 1.165) is 5.56 Å². The third-order valence-electron chi connectivity index (χ3n) is 3.56. The van der Waals surface area contributed by atoms with Crippen molar-refractivity contribution < 1.29 is 19.1 Å². The molecule has 0 bridgehead atoms. The smallest absolute Gasteiger partial charge is 0.251 e. The lowest BCUT2D eigenvalue weighted by atomic mass is 9.97. The van der Waals surface area contributed by atoms with Crippen molar-refractivity contribution in [2.24, 2.45) is 0 Å². The first kappa shape index (κ1) is 16.7. The van der Waals surface area contributed by atoms with Crippen LogP contribution in [-0.2, 0) is 19.1 Å². The molecule has 2 atom stereocenters. The van der Waals surface area contributed by atoms with E-state index in [-0.39, 0.29) is 18.4 Å². The number of rotatable bonds is 5. The Kier molecular flexibility index (Phi) is 5.76. The molecule has 1 aliphatic rings. The number of nitrogens with zero attached hydrogens (tertiary/aromatic N) is 1. The standard InChI is InChI=1S/C15H19ClN2O4/c1-18-12(19)9-22-14(15(20)17-7-8-21-2)13(18)10-3-5-11(16)6-4-10/h3-6,13-14H,7-9H2,1-2H3,(H,17,20)/t13-,14-/m0/s1. The third kappa shape index (κ3) is 3.76. The Morgan fingerprint density at radius 3 is 2.77 bits per heavy atom. The van der Waals surface area contributed by atoms with E-state index in [1.54, 1.807) is 38.4 Å². The van der Waals surface area contributed by atoms with Gasteiger partial charge >= 0.3 is 0 Å². The summed E-state index contributed by atoms with van der Waals surface area (Å²) in [7, 11) is 3.23. The van der Waals surface area contributed by atoms with Crippen molar-refractivity contribution in [2.75, 3.05) is 33.9 Å². The first-order valence-electron chi connectivity index (χ1n) is 6.94. The van der Waals surface area contributed by atoms with Gasteiger partial charge in [0, 0.05) is 25.7 Å². The van der Waals surface area contributed by atoms with Gasteiger partial charge in [0.05, 0.1) is 12.6 Å². The maximum atomic E-state index is 12.3. The zero-order valence-corrected chi connectivity index (χ0v) is 13.3. The zero-order chi connectivity index (χ0) is 16.1. The van der Waals surface area contributed by atoms with Gasteiger partial charge in [-0.15, -0.1) is 0 Å². The third-order valence-corrected chi connectivity index (χ3v) is 3.81. The minimum Gasteiger partial charge on any atom is -0.383 e. The fourth-order valence-corrected chi connectivity index (χ4v) is 2.49. The molecule has 0 spiro atoms. The summed E-state index contributed by atoms with van der Waals surface area (Å²) in [6.45, 7) is 0.696. The van der Waals surface area contributed by atoms with Gasteiger partial charge in [0.1, 0.15) is 6.61 Å². The van der Waals surface area contributed by atoms with Gasteiger partial charge in [-0.2, -0.15) is 0 Å². The van der Waals surface area contributed by atoms with Crippen LogP contribution < -0.4 is 5.32 Å². The topological polar surface area (TPSA) is 67.9 Å². The second-order valence-electron chi connectivity index (χ2n) is 5.02. The molecular formula is C15H19ClN2O4. The molecule has 2 amide bonds. The number of hydrogen-bond donors (Lipinski definition) is 1. The monoisotopic (exact) mass is 326 g/mol. The fourth-order valence-electron chi connectivity index (χ4n) is 2.37. The van der Waals surface area contributed by atoms with Gasteiger partial charge in [0.25, 0.3) is 5.91 Å². The van der Waals surface area contributed by atoms with Crippen LogP contribution in [0.4, 0.5) is 0 Å². The second-order valence-corrected chi connectivity index (χ2v) is 5.45. The van der Waals surface area contributed by atoms with Crippen molar-refractivity contribution in [1.82, 2.24) is 10.2 Å². The highest BCUT2D eigenvalue weighted by atomic mass is 35.5. The van der Waals surface area contributed by atoms with Crippen LogP contribution in [0.25, 0.3) is 0 Å². The lowest BCUT2D eigenvalue weighted by Crippen LogP contribution is -2.53. The lowest BCUT2D eigenvalue weighted by Gasteiger charge is -2.38. The minimum atomic E-state index is -0.763. The zero-order valence-electron chi connectivity index (χ0n) is 12.5. The van der Waals surface area contributed by atoms with E-state index < -0.39 is 12.1 Å². The average molecular weight is 327 g/mol. The molecule has 6 nitrogen and oxygen atoms in total. The summed E-state index contributed by atoms with van der Waals surface area (Å²) in [6.07, 6.45) is -0.763. The predicted molar refractivity (Wildman–Crippen MR) is 81.6 cm³/mol. The Hall–Kier alpha value is -1.63. The van der Waals surface area contributed by atoms with Crippen LogP contribution in [0.2, 0.25) is 5.02 Å². The maximum Gasteiger partial charge on any atom is 0.251 e. The van der Waals surface area contributed by atoms with Gasteiger partial charge in [-0.05, 0) is 17.7 Å². The molecule has 0 radical (unpaired) electrons. The summed E-state index contributed by atoms with van der Waals surface area (Å²) >= 11 is 5.89. The highest BCUT2D eigenvalue weighted by Gasteiger charge is 2.39. The molecule has 1 aromatic carbocycles. The van der Waals surface area contributed by atoms with E-state index in [2.05, 4.69) is 5.32 Å². The Morgan fingerprint density at radius 1 is 1.45 bits per heavy atom. The number of nitrogens with one attached hydrogen (secondary N) is 1. The molecule has 1 heterocycles. The quantitative estimate of drug-likeness (QED) is 0.820. The van der Waals surface area contributed by atoms with Crippen LogP contribution in [0.1, 0.15) is 11.6 Å². The van der Waals surface area contributed by atoms with Crippen molar-refractivity contribution in [1.29, 1.82) is 0 Å². The van der Waals surface area contributed by atoms with Crippen molar-refractivity contribution in [3.63, 3.8) is 0 Å². The lowest BCUT2D eigenvalue weighted by molar-refractivity contribution is -0.162. The molecule has 2 rings (SSSR count). The Balaban J connectivity index is 2.20. The fraction of sp³-hybridized carbons (Fsp3) is 0.467. The van der Waals surface area contributed by atoms with Crippen molar-refractivity contribution in [3.05, 3.63) is 34.9 Å². The van der Waals surface area contributed by atoms with Crippen molar-refractivity contribution >= 4 is 23.4 Å². The number of halogens is 1. The Morgan fingerprint density at radius 2 is 2.14 bits per heavy atom. The van der Waals surface area contributed by atoms with E-state index in [4.69, 9.17) is 21.1 Å². The van der Waals surface area contributed by atoms with Crippen LogP contribution in [0.3, 0.4) is 0 Å². The first-order valence-corrected chi connectivity index (χ1v) is 7.31. The van der Waals surface area contributed by atoms with Crippen molar-refractivity contribution in [3.8, 4) is 0 Å². The molecule has 22 heavy (non-hydrogen) atoms. The van der Waals surface area contributed by atoms with Crippen LogP contribution in [-0.4, -0.2) is 56.7 Å². The highest BCUT2D eigenvalue weighted by molar-refractivity contribution is 6.30. The van der Waals surface area contributed by atoms with E-state index >= 15 is 0 Å². The molecule has 0 saturated carbocycles. The molecule has 120 valence electrons. The summed E-state index contributed by atoms with van der Waals surface area (Å²) in [4.78, 5) is 25.8. The Labute approximate surface area is 134 Å². The molecule has 1 fully saturated rings. The molecule has 0 aliphatic carbocycles. The summed E-state index contributed by atoms with van der Waals surface area (Å²) in [5, 5.41) is 3.34. The van der Waals surface area contributed by atoms with E-state index in [9.17, 15) is 9.59 Å². The summed E-state index contributed by atoms with van der Waals surface area (Å²) in [6, 6.07) is 6.55. The van der Waals surface area contributed by atoms with E-state index in [1.165, 1.54) is 4.90 Å². The molecule has 0 aromatic heterocycles. The predicted octanol–water partition coefficient (Wildman–Crippen LogP) is 1.00. The van der Waals surface area contributed by atoms with Gasteiger partial charge < -0.3 is 19.7 Å². The number of benzene rings is 1. The summed E-state index contributed by atoms with van der Waals surface area (Å²) < 4.78 is 10.4. The molecule has 1 N–H and O–H groups in total. The second kappa shape index (κ2) is 7.58. The first-order chi connectivity index (χ1) is 10.5. The van der Waals surface area contributed by atoms with Crippen LogP contribution in [0.5, 0.6) is 0 Å². The van der Waals surface area contributed by atoms with Crippen LogP contribution >= 0.6 is 11.6 Å². The number of likely N-dealkylation sites (N-methyl/N-ethyl adjacent to an activating group) is 1. The number of hydrogen-bond acceptors (Lipinski definition) is 4. The molecule has 0 unspecified atom stereocenters. The summed E-state index contributed by atoms with van der Waals surface area (Å²) in [5.74, 6) is -0.433. The molecule has 7 heteroatoms. The van der Waals surface area contributed by atoms with Gasteiger partial charge in [0.15, 0.2) is 6.10 Å². The molecule has 1 aromatic rings. The number of carbonyl (C=O) groups excluding carboxylic acids is 2. The van der Waals surface area contributed by atoms with Gasteiger partial charge in [-0.25, -0.2) is 0 Å². The number of morpholine rings is 1. The van der Waals surface area contributed by atoms with Crippen LogP contribution in [0, 0.1) is 0 Å². The number of ether oxygens (including phenoxy) is 2. The normalized spacial score (nSPS) is 21.8. The number of amides is 2. The van der Waals surface area contributed by atoms with E-state index in [0.29, 0.717) is 18.2 Å². The highest BCUT2D eigenvalue weighted by Crippen LogP contribution is 2.29. The maximum absolute atomic E-state index is 12.3. The van der Waals surface area contributed by atoms with Gasteiger partial charge in [-0.3, -0.25) is 9.59 Å². The molecular weight excluding hydrogens is 308 g/mol. The summed E-state index contributed by atoms with van der Waals surface area (Å²) in [5.41, 5.74) is 0.798. The number of carbonyl (C=O) groups is 2. The van der Waals surface area contributed by atoms with Gasteiger partial charge in [-0.1, -0.05) is 23.7 Å². The molecule has 1 saturated heterocycles. The molecule has 1 aliphatic heterocycles. The SMILES string of the molecule is COCCNC(=O)[C@H]1OCC(=O)N(C)[C@H]1c1ccc(Cl)cc1.